The smallest absolute Gasteiger partial charge is 0.390 e. The zero-order chi connectivity index (χ0) is 13.1. The van der Waals surface area contributed by atoms with Crippen LogP contribution in [0.3, 0.4) is 0 Å². The van der Waals surface area contributed by atoms with Crippen LogP contribution < -0.4 is 10.5 Å². The van der Waals surface area contributed by atoms with Crippen LogP contribution >= 0.6 is 12.2 Å². The molecule has 0 aromatic carbocycles. The third-order valence-electron chi connectivity index (χ3n) is 1.77. The fraction of sp³-hybridized carbons (Fsp3) is 0.857. The number of halogens is 3. The molecule has 0 aromatic heterocycles. The number of sulfonamides is 1. The second-order valence-corrected chi connectivity index (χ2v) is 5.93. The molecule has 4 nitrogen and oxygen atoms in total. The minimum absolute atomic E-state index is 0.285. The highest BCUT2D eigenvalue weighted by molar-refractivity contribution is 7.93. The third kappa shape index (κ3) is 5.61. The molecule has 9 heteroatoms. The summed E-state index contributed by atoms with van der Waals surface area (Å²) in [6, 6.07) is -1.25. The van der Waals surface area contributed by atoms with Crippen LogP contribution in [0.15, 0.2) is 0 Å². The van der Waals surface area contributed by atoms with Crippen molar-refractivity contribution in [3.63, 3.8) is 0 Å². The summed E-state index contributed by atoms with van der Waals surface area (Å²) < 4.78 is 60.6. The Morgan fingerprint density at radius 1 is 1.44 bits per heavy atom. The highest BCUT2D eigenvalue weighted by atomic mass is 32.2. The van der Waals surface area contributed by atoms with Gasteiger partial charge >= 0.3 is 6.18 Å². The van der Waals surface area contributed by atoms with Crippen molar-refractivity contribution in [2.75, 3.05) is 0 Å². The molecule has 0 amide bonds. The number of nitrogens with one attached hydrogen (secondary N) is 1. The van der Waals surface area contributed by atoms with Gasteiger partial charge in [0.05, 0.1) is 11.4 Å². The Morgan fingerprint density at radius 2 is 1.88 bits per heavy atom. The van der Waals surface area contributed by atoms with Gasteiger partial charge in [-0.25, -0.2) is 13.1 Å². The topological polar surface area (TPSA) is 72.2 Å². The van der Waals surface area contributed by atoms with Crippen molar-refractivity contribution in [3.8, 4) is 0 Å². The molecule has 3 N–H and O–H groups in total. The van der Waals surface area contributed by atoms with E-state index in [9.17, 15) is 21.6 Å². The number of hydrogen-bond acceptors (Lipinski definition) is 3. The molecule has 2 unspecified atom stereocenters. The normalized spacial score (nSPS) is 16.8. The van der Waals surface area contributed by atoms with Gasteiger partial charge in [0, 0.05) is 6.04 Å². The van der Waals surface area contributed by atoms with E-state index in [2.05, 4.69) is 12.2 Å². The van der Waals surface area contributed by atoms with Crippen LogP contribution in [0, 0.1) is 0 Å². The standard InChI is InChI=1S/C7H13F3N2O2S2/c1-4(3-7(8,9)10)12-16(13,14)5(2)6(11)15/h4-5,12H,3H2,1-2H3,(H2,11,15). The van der Waals surface area contributed by atoms with Crippen molar-refractivity contribution in [3.05, 3.63) is 0 Å². The largest absolute Gasteiger partial charge is 0.392 e. The van der Waals surface area contributed by atoms with E-state index in [1.54, 1.807) is 0 Å². The average Bonchev–Trinajstić information content (AvgIpc) is 1.97. The molecular formula is C7H13F3N2O2S2. The lowest BCUT2D eigenvalue weighted by atomic mass is 10.2. The van der Waals surface area contributed by atoms with Crippen molar-refractivity contribution in [1.29, 1.82) is 0 Å². The van der Waals surface area contributed by atoms with E-state index in [0.717, 1.165) is 6.92 Å². The van der Waals surface area contributed by atoms with Gasteiger partial charge in [0.1, 0.15) is 5.25 Å². The van der Waals surface area contributed by atoms with Gasteiger partial charge in [-0.1, -0.05) is 12.2 Å². The number of rotatable bonds is 5. The van der Waals surface area contributed by atoms with Gasteiger partial charge in [-0.15, -0.1) is 0 Å². The Labute approximate surface area is 97.4 Å². The summed E-state index contributed by atoms with van der Waals surface area (Å²) in [5.41, 5.74) is 5.12. The summed E-state index contributed by atoms with van der Waals surface area (Å²) in [5, 5.41) is -1.20. The van der Waals surface area contributed by atoms with Crippen LogP contribution in [0.2, 0.25) is 0 Å². The molecule has 0 saturated carbocycles. The minimum atomic E-state index is -4.42. The molecule has 0 aliphatic rings. The van der Waals surface area contributed by atoms with Crippen LogP contribution in [0.4, 0.5) is 13.2 Å². The fourth-order valence-electron chi connectivity index (χ4n) is 0.924. The second kappa shape index (κ2) is 5.28. The molecule has 2 atom stereocenters. The number of hydrogen-bond donors (Lipinski definition) is 2. The summed E-state index contributed by atoms with van der Waals surface area (Å²) in [5.74, 6) is 0. The number of nitrogens with two attached hydrogens (primary N) is 1. The van der Waals surface area contributed by atoms with Gasteiger partial charge in [-0.05, 0) is 13.8 Å². The van der Waals surface area contributed by atoms with Crippen molar-refractivity contribution in [2.24, 2.45) is 5.73 Å². The first kappa shape index (κ1) is 15.6. The average molecular weight is 278 g/mol. The van der Waals surface area contributed by atoms with E-state index < -0.39 is 33.9 Å². The minimum Gasteiger partial charge on any atom is -0.392 e. The summed E-state index contributed by atoms with van der Waals surface area (Å²) in [6.07, 6.45) is -5.66. The van der Waals surface area contributed by atoms with Gasteiger partial charge in [0.25, 0.3) is 0 Å². The SMILES string of the molecule is CC(CC(F)(F)F)NS(=O)(=O)C(C)C(N)=S. The van der Waals surface area contributed by atoms with Gasteiger partial charge < -0.3 is 5.73 Å². The molecular weight excluding hydrogens is 265 g/mol. The molecule has 0 spiro atoms. The van der Waals surface area contributed by atoms with Crippen molar-refractivity contribution < 1.29 is 21.6 Å². The molecule has 0 fully saturated rings. The van der Waals surface area contributed by atoms with Gasteiger partial charge in [-0.2, -0.15) is 13.2 Å². The van der Waals surface area contributed by atoms with E-state index in [4.69, 9.17) is 5.73 Å². The number of alkyl halides is 3. The van der Waals surface area contributed by atoms with Crippen LogP contribution in [0.1, 0.15) is 20.3 Å². The molecule has 0 heterocycles. The lowest BCUT2D eigenvalue weighted by molar-refractivity contribution is -0.137. The van der Waals surface area contributed by atoms with E-state index in [1.807, 2.05) is 4.72 Å². The number of thiocarbonyl (C=S) groups is 1. The Kier molecular flexibility index (Phi) is 5.15. The van der Waals surface area contributed by atoms with E-state index in [-0.39, 0.29) is 4.99 Å². The van der Waals surface area contributed by atoms with E-state index in [1.165, 1.54) is 6.92 Å². The molecule has 0 aromatic rings. The molecule has 0 rings (SSSR count). The van der Waals surface area contributed by atoms with Crippen LogP contribution in [0.5, 0.6) is 0 Å². The summed E-state index contributed by atoms with van der Waals surface area (Å²) in [4.78, 5) is -0.285. The Bertz CT molecular complexity index is 353. The van der Waals surface area contributed by atoms with Crippen molar-refractivity contribution in [1.82, 2.24) is 4.72 Å². The molecule has 0 bridgehead atoms. The predicted molar refractivity (Wildman–Crippen MR) is 58.4 cm³/mol. The van der Waals surface area contributed by atoms with Crippen LogP contribution in [0.25, 0.3) is 0 Å². The van der Waals surface area contributed by atoms with Crippen LogP contribution in [-0.4, -0.2) is 30.9 Å². The maximum atomic E-state index is 12.0. The van der Waals surface area contributed by atoms with Gasteiger partial charge in [0.15, 0.2) is 0 Å². The summed E-state index contributed by atoms with van der Waals surface area (Å²) in [6.45, 7) is 2.34. The van der Waals surface area contributed by atoms with Crippen LogP contribution in [-0.2, 0) is 10.0 Å². The molecule has 0 saturated heterocycles. The van der Waals surface area contributed by atoms with Crippen molar-refractivity contribution in [2.45, 2.75) is 37.7 Å². The zero-order valence-corrected chi connectivity index (χ0v) is 10.3. The molecule has 16 heavy (non-hydrogen) atoms. The molecule has 0 aliphatic heterocycles. The zero-order valence-electron chi connectivity index (χ0n) is 8.71. The maximum absolute atomic E-state index is 12.0. The van der Waals surface area contributed by atoms with Gasteiger partial charge in [0.2, 0.25) is 10.0 Å². The monoisotopic (exact) mass is 278 g/mol. The predicted octanol–water partition coefficient (Wildman–Crippen LogP) is 0.921. The first-order chi connectivity index (χ1) is 6.96. The molecule has 0 radical (unpaired) electrons. The lowest BCUT2D eigenvalue weighted by Crippen LogP contribution is -2.44. The first-order valence-corrected chi connectivity index (χ1v) is 6.28. The Balaban J connectivity index is 4.55. The van der Waals surface area contributed by atoms with Gasteiger partial charge in [-0.3, -0.25) is 0 Å². The van der Waals surface area contributed by atoms with E-state index >= 15 is 0 Å². The highest BCUT2D eigenvalue weighted by Gasteiger charge is 2.33. The fourth-order valence-corrected chi connectivity index (χ4v) is 2.46. The lowest BCUT2D eigenvalue weighted by Gasteiger charge is -2.18. The summed E-state index contributed by atoms with van der Waals surface area (Å²) in [7, 11) is -3.95. The quantitative estimate of drug-likeness (QED) is 0.734. The van der Waals surface area contributed by atoms with Crippen molar-refractivity contribution >= 4 is 27.2 Å². The maximum Gasteiger partial charge on any atom is 0.390 e. The first-order valence-electron chi connectivity index (χ1n) is 4.33. The molecule has 96 valence electrons. The third-order valence-corrected chi connectivity index (χ3v) is 4.19. The second-order valence-electron chi connectivity index (χ2n) is 3.43. The molecule has 0 aliphatic carbocycles. The highest BCUT2D eigenvalue weighted by Crippen LogP contribution is 2.21. The summed E-state index contributed by atoms with van der Waals surface area (Å²) >= 11 is 4.47. The Hall–Kier alpha value is -0.410. The van der Waals surface area contributed by atoms with E-state index in [0.29, 0.717) is 0 Å². The Morgan fingerprint density at radius 3 is 2.19 bits per heavy atom.